The third-order valence-corrected chi connectivity index (χ3v) is 2.99. The minimum atomic E-state index is -0.508. The minimum absolute atomic E-state index is 0.0741. The van der Waals surface area contributed by atoms with E-state index < -0.39 is 5.60 Å². The van der Waals surface area contributed by atoms with Gasteiger partial charge >= 0.3 is 0 Å². The van der Waals surface area contributed by atoms with Gasteiger partial charge in [-0.25, -0.2) is 0 Å². The summed E-state index contributed by atoms with van der Waals surface area (Å²) in [6, 6.07) is 0. The van der Waals surface area contributed by atoms with E-state index in [1.807, 2.05) is 6.92 Å². The summed E-state index contributed by atoms with van der Waals surface area (Å²) >= 11 is 0. The van der Waals surface area contributed by atoms with E-state index in [-0.39, 0.29) is 6.10 Å². The van der Waals surface area contributed by atoms with Crippen molar-refractivity contribution in [1.82, 2.24) is 0 Å². The average Bonchev–Trinajstić information content (AvgIpc) is 2.53. The molecule has 2 heteroatoms. The van der Waals surface area contributed by atoms with E-state index in [9.17, 15) is 5.11 Å². The van der Waals surface area contributed by atoms with Crippen molar-refractivity contribution in [2.24, 2.45) is 0 Å². The Kier molecular flexibility index (Phi) is 4.20. The van der Waals surface area contributed by atoms with E-state index in [0.29, 0.717) is 6.61 Å². The lowest BCUT2D eigenvalue weighted by atomic mass is 9.91. The summed E-state index contributed by atoms with van der Waals surface area (Å²) in [5.41, 5.74) is -0.508. The highest BCUT2D eigenvalue weighted by atomic mass is 16.5. The van der Waals surface area contributed by atoms with Crippen molar-refractivity contribution in [2.45, 2.75) is 64.1 Å². The topological polar surface area (TPSA) is 29.5 Å². The van der Waals surface area contributed by atoms with Crippen LogP contribution in [-0.2, 0) is 4.74 Å². The maximum atomic E-state index is 10.3. The molecule has 0 aromatic heterocycles. The molecule has 1 fully saturated rings. The summed E-state index contributed by atoms with van der Waals surface area (Å²) in [4.78, 5) is 0. The quantitative estimate of drug-likeness (QED) is 0.715. The fourth-order valence-corrected chi connectivity index (χ4v) is 2.28. The molecule has 1 aliphatic rings. The Morgan fingerprint density at radius 3 is 2.38 bits per heavy atom. The van der Waals surface area contributed by atoms with Crippen molar-refractivity contribution >= 4 is 0 Å². The fraction of sp³-hybridized carbons (Fsp3) is 1.00. The van der Waals surface area contributed by atoms with Crippen LogP contribution < -0.4 is 0 Å². The Hall–Kier alpha value is -0.0800. The predicted octanol–water partition coefficient (Wildman–Crippen LogP) is 2.50. The fourth-order valence-electron chi connectivity index (χ4n) is 2.28. The first kappa shape index (κ1) is 11.0. The summed E-state index contributed by atoms with van der Waals surface area (Å²) in [7, 11) is 0. The van der Waals surface area contributed by atoms with Crippen molar-refractivity contribution < 1.29 is 9.84 Å². The molecular formula is C11H22O2. The average molecular weight is 186 g/mol. The summed E-state index contributed by atoms with van der Waals surface area (Å²) in [6.07, 6.45) is 6.32. The van der Waals surface area contributed by atoms with E-state index in [1.165, 1.54) is 0 Å². The third kappa shape index (κ3) is 2.68. The molecule has 0 aliphatic heterocycles. The molecule has 1 N–H and O–H groups in total. The number of ether oxygens (including phenoxy) is 1. The Bertz CT molecular complexity index is 133. The molecule has 0 amide bonds. The molecule has 1 saturated carbocycles. The van der Waals surface area contributed by atoms with Gasteiger partial charge in [0.05, 0.1) is 11.7 Å². The molecule has 1 rings (SSSR count). The van der Waals surface area contributed by atoms with Crippen LogP contribution >= 0.6 is 0 Å². The molecule has 0 radical (unpaired) electrons. The van der Waals surface area contributed by atoms with Crippen LogP contribution in [0.4, 0.5) is 0 Å². The van der Waals surface area contributed by atoms with Gasteiger partial charge in [0.25, 0.3) is 0 Å². The highest BCUT2D eigenvalue weighted by Gasteiger charge is 2.39. The maximum Gasteiger partial charge on any atom is 0.0908 e. The van der Waals surface area contributed by atoms with Gasteiger partial charge in [0.2, 0.25) is 0 Å². The summed E-state index contributed by atoms with van der Waals surface area (Å²) in [5.74, 6) is 0. The molecule has 0 aromatic carbocycles. The van der Waals surface area contributed by atoms with Gasteiger partial charge in [0.1, 0.15) is 0 Å². The summed E-state index contributed by atoms with van der Waals surface area (Å²) in [5, 5.41) is 10.3. The van der Waals surface area contributed by atoms with Gasteiger partial charge < -0.3 is 9.84 Å². The Labute approximate surface area is 81.3 Å². The van der Waals surface area contributed by atoms with Gasteiger partial charge in [-0.2, -0.15) is 0 Å². The smallest absolute Gasteiger partial charge is 0.0908 e. The van der Waals surface area contributed by atoms with Crippen LogP contribution in [0.5, 0.6) is 0 Å². The Balaban J connectivity index is 2.50. The lowest BCUT2D eigenvalue weighted by Crippen LogP contribution is -2.41. The lowest BCUT2D eigenvalue weighted by molar-refractivity contribution is -0.105. The van der Waals surface area contributed by atoms with Crippen LogP contribution in [0.25, 0.3) is 0 Å². The normalized spacial score (nSPS) is 23.3. The number of aliphatic hydroxyl groups is 1. The molecule has 78 valence electrons. The number of hydrogen-bond donors (Lipinski definition) is 1. The lowest BCUT2D eigenvalue weighted by Gasteiger charge is -2.32. The predicted molar refractivity (Wildman–Crippen MR) is 53.7 cm³/mol. The van der Waals surface area contributed by atoms with Crippen LogP contribution in [0.2, 0.25) is 0 Å². The van der Waals surface area contributed by atoms with Gasteiger partial charge in [-0.1, -0.05) is 26.2 Å². The van der Waals surface area contributed by atoms with Crippen molar-refractivity contribution in [1.29, 1.82) is 0 Å². The van der Waals surface area contributed by atoms with Crippen LogP contribution in [-0.4, -0.2) is 23.4 Å². The molecule has 2 nitrogen and oxygen atoms in total. The van der Waals surface area contributed by atoms with E-state index in [2.05, 4.69) is 6.92 Å². The molecular weight excluding hydrogens is 164 g/mol. The number of rotatable bonds is 5. The highest BCUT2D eigenvalue weighted by Crippen LogP contribution is 2.35. The molecule has 0 bridgehead atoms. The van der Waals surface area contributed by atoms with Crippen LogP contribution in [0.1, 0.15) is 52.4 Å². The second-order valence-electron chi connectivity index (χ2n) is 4.04. The minimum Gasteiger partial charge on any atom is -0.387 e. The molecule has 0 saturated heterocycles. The summed E-state index contributed by atoms with van der Waals surface area (Å²) in [6.45, 7) is 4.86. The van der Waals surface area contributed by atoms with Crippen molar-refractivity contribution in [2.75, 3.05) is 6.61 Å². The maximum absolute atomic E-state index is 10.3. The van der Waals surface area contributed by atoms with Gasteiger partial charge in [-0.3, -0.25) is 0 Å². The van der Waals surface area contributed by atoms with Crippen molar-refractivity contribution in [3.8, 4) is 0 Å². The van der Waals surface area contributed by atoms with Gasteiger partial charge in [-0.05, 0) is 26.2 Å². The Morgan fingerprint density at radius 1 is 1.31 bits per heavy atom. The standard InChI is InChI=1S/C11H22O2/c1-3-7-10(13-4-2)11(12)8-5-6-9-11/h10,12H,3-9H2,1-2H3. The van der Waals surface area contributed by atoms with E-state index >= 15 is 0 Å². The molecule has 0 spiro atoms. The largest absolute Gasteiger partial charge is 0.387 e. The molecule has 0 heterocycles. The van der Waals surface area contributed by atoms with Crippen LogP contribution in [0.3, 0.4) is 0 Å². The molecule has 1 aliphatic carbocycles. The first-order chi connectivity index (χ1) is 6.23. The molecule has 1 unspecified atom stereocenters. The van der Waals surface area contributed by atoms with E-state index in [4.69, 9.17) is 4.74 Å². The number of hydrogen-bond acceptors (Lipinski definition) is 2. The monoisotopic (exact) mass is 186 g/mol. The SMILES string of the molecule is CCCC(OCC)C1(O)CCCC1. The zero-order chi connectivity index (χ0) is 9.73. The zero-order valence-electron chi connectivity index (χ0n) is 8.88. The molecule has 13 heavy (non-hydrogen) atoms. The second-order valence-corrected chi connectivity index (χ2v) is 4.04. The summed E-state index contributed by atoms with van der Waals surface area (Å²) < 4.78 is 5.62. The highest BCUT2D eigenvalue weighted by molar-refractivity contribution is 4.91. The molecule has 0 aromatic rings. The van der Waals surface area contributed by atoms with Crippen LogP contribution in [0.15, 0.2) is 0 Å². The van der Waals surface area contributed by atoms with Crippen LogP contribution in [0, 0.1) is 0 Å². The van der Waals surface area contributed by atoms with Gasteiger partial charge in [0.15, 0.2) is 0 Å². The first-order valence-corrected chi connectivity index (χ1v) is 5.57. The first-order valence-electron chi connectivity index (χ1n) is 5.57. The van der Waals surface area contributed by atoms with E-state index in [0.717, 1.165) is 38.5 Å². The van der Waals surface area contributed by atoms with Gasteiger partial charge in [0, 0.05) is 6.61 Å². The molecule has 1 atom stereocenters. The van der Waals surface area contributed by atoms with Gasteiger partial charge in [-0.15, -0.1) is 0 Å². The zero-order valence-corrected chi connectivity index (χ0v) is 8.88. The van der Waals surface area contributed by atoms with E-state index in [1.54, 1.807) is 0 Å². The third-order valence-electron chi connectivity index (χ3n) is 2.99. The second kappa shape index (κ2) is 4.97. The van der Waals surface area contributed by atoms with Crippen molar-refractivity contribution in [3.63, 3.8) is 0 Å². The Morgan fingerprint density at radius 2 is 1.92 bits per heavy atom. The van der Waals surface area contributed by atoms with Crippen molar-refractivity contribution in [3.05, 3.63) is 0 Å².